The summed E-state index contributed by atoms with van der Waals surface area (Å²) in [6, 6.07) is 9.69. The van der Waals surface area contributed by atoms with Gasteiger partial charge in [0, 0.05) is 17.7 Å². The molecule has 180 valence electrons. The maximum Gasteiger partial charge on any atom is 0.244 e. The molecule has 1 aromatic heterocycles. The van der Waals surface area contributed by atoms with Gasteiger partial charge in [-0.1, -0.05) is 6.07 Å². The molecule has 1 atom stereocenters. The first-order valence-electron chi connectivity index (χ1n) is 11.0. The molecule has 1 amide bonds. The number of methoxy groups -OCH3 is 3. The van der Waals surface area contributed by atoms with E-state index < -0.39 is 5.91 Å². The van der Waals surface area contributed by atoms with Crippen molar-refractivity contribution in [1.82, 2.24) is 14.9 Å². The van der Waals surface area contributed by atoms with Crippen LogP contribution in [0, 0.1) is 0 Å². The second-order valence-electron chi connectivity index (χ2n) is 8.08. The van der Waals surface area contributed by atoms with Gasteiger partial charge in [0.15, 0.2) is 11.5 Å². The maximum absolute atomic E-state index is 11.7. The second kappa shape index (κ2) is 9.74. The number of imidazole rings is 1. The minimum Gasteiger partial charge on any atom is -0.493 e. The summed E-state index contributed by atoms with van der Waals surface area (Å²) < 4.78 is 24.5. The van der Waals surface area contributed by atoms with Crippen LogP contribution in [0.5, 0.6) is 17.2 Å². The van der Waals surface area contributed by atoms with Crippen LogP contribution < -0.4 is 25.3 Å². The lowest BCUT2D eigenvalue weighted by atomic mass is 10.0. The van der Waals surface area contributed by atoms with E-state index in [1.165, 1.54) is 0 Å². The minimum absolute atomic E-state index is 0.135. The molecule has 1 aliphatic rings. The fourth-order valence-corrected chi connectivity index (χ4v) is 4.17. The number of morpholine rings is 1. The highest BCUT2D eigenvalue weighted by molar-refractivity contribution is 6.00. The van der Waals surface area contributed by atoms with Crippen molar-refractivity contribution in [2.24, 2.45) is 5.73 Å². The SMILES string of the molecule is COc1cc(-c2nc3ccc(C(C)=C(C)C(N)=O)cc3n2C2COCCN2)cc(OC)c1OC. The normalized spacial score (nSPS) is 16.8. The molecule has 1 aliphatic heterocycles. The van der Waals surface area contributed by atoms with Crippen molar-refractivity contribution in [3.05, 3.63) is 41.5 Å². The van der Waals surface area contributed by atoms with Crippen molar-refractivity contribution in [3.63, 3.8) is 0 Å². The Morgan fingerprint density at radius 2 is 1.82 bits per heavy atom. The average molecular weight is 467 g/mol. The standard InChI is InChI=1S/C25H30N4O5/c1-14(15(2)24(26)30)16-6-7-18-19(10-16)29(22-13-34-9-8-27-22)25(28-18)17-11-20(31-3)23(33-5)21(12-17)32-4/h6-7,10-12,22,27H,8-9,13H2,1-5H3,(H2,26,30). The summed E-state index contributed by atoms with van der Waals surface area (Å²) >= 11 is 0. The number of hydrogen-bond acceptors (Lipinski definition) is 7. The smallest absolute Gasteiger partial charge is 0.244 e. The Labute approximate surface area is 198 Å². The summed E-state index contributed by atoms with van der Waals surface area (Å²) in [6.07, 6.45) is -0.135. The van der Waals surface area contributed by atoms with Gasteiger partial charge in [0.05, 0.1) is 45.6 Å². The number of aromatic nitrogens is 2. The molecule has 0 radical (unpaired) electrons. The van der Waals surface area contributed by atoms with Gasteiger partial charge in [-0.05, 0) is 49.2 Å². The molecule has 1 fully saturated rings. The Balaban J connectivity index is 1.97. The van der Waals surface area contributed by atoms with E-state index in [1.807, 2.05) is 37.3 Å². The molecule has 0 bridgehead atoms. The van der Waals surface area contributed by atoms with Crippen molar-refractivity contribution in [2.75, 3.05) is 41.1 Å². The van der Waals surface area contributed by atoms with Crippen LogP contribution in [0.3, 0.4) is 0 Å². The topological polar surface area (TPSA) is 110 Å². The Morgan fingerprint density at radius 3 is 2.38 bits per heavy atom. The molecule has 3 aromatic rings. The molecule has 2 heterocycles. The first kappa shape index (κ1) is 23.6. The fourth-order valence-electron chi connectivity index (χ4n) is 4.17. The third-order valence-electron chi connectivity index (χ3n) is 6.19. The lowest BCUT2D eigenvalue weighted by Crippen LogP contribution is -2.38. The molecule has 2 aromatic carbocycles. The van der Waals surface area contributed by atoms with Crippen LogP contribution in [0.25, 0.3) is 28.0 Å². The average Bonchev–Trinajstić information content (AvgIpc) is 3.26. The first-order valence-corrected chi connectivity index (χ1v) is 11.0. The van der Waals surface area contributed by atoms with E-state index in [9.17, 15) is 4.79 Å². The molecule has 4 rings (SSSR count). The van der Waals surface area contributed by atoms with Gasteiger partial charge in [-0.3, -0.25) is 10.1 Å². The predicted molar refractivity (Wildman–Crippen MR) is 130 cm³/mol. The van der Waals surface area contributed by atoms with Gasteiger partial charge in [-0.2, -0.15) is 0 Å². The Bertz CT molecular complexity index is 1230. The van der Waals surface area contributed by atoms with Crippen molar-refractivity contribution >= 4 is 22.5 Å². The summed E-state index contributed by atoms with van der Waals surface area (Å²) in [5.41, 5.74) is 10.3. The van der Waals surface area contributed by atoms with Crippen LogP contribution in [-0.4, -0.2) is 56.5 Å². The largest absolute Gasteiger partial charge is 0.493 e. The highest BCUT2D eigenvalue weighted by atomic mass is 16.5. The number of primary amides is 1. The number of allylic oxidation sites excluding steroid dienone is 1. The Morgan fingerprint density at radius 1 is 1.12 bits per heavy atom. The Kier molecular flexibility index (Phi) is 6.76. The maximum atomic E-state index is 11.7. The minimum atomic E-state index is -0.438. The van der Waals surface area contributed by atoms with Crippen molar-refractivity contribution in [2.45, 2.75) is 20.0 Å². The molecular weight excluding hydrogens is 436 g/mol. The molecule has 9 nitrogen and oxygen atoms in total. The van der Waals surface area contributed by atoms with E-state index in [4.69, 9.17) is 29.7 Å². The predicted octanol–water partition coefficient (Wildman–Crippen LogP) is 3.13. The van der Waals surface area contributed by atoms with Crippen molar-refractivity contribution < 1.29 is 23.7 Å². The number of benzene rings is 2. The zero-order chi connectivity index (χ0) is 24.4. The van der Waals surface area contributed by atoms with Gasteiger partial charge >= 0.3 is 0 Å². The number of fused-ring (bicyclic) bond motifs is 1. The number of amides is 1. The van der Waals surface area contributed by atoms with E-state index >= 15 is 0 Å². The van der Waals surface area contributed by atoms with E-state index in [0.717, 1.165) is 40.1 Å². The monoisotopic (exact) mass is 466 g/mol. The molecule has 0 spiro atoms. The number of ether oxygens (including phenoxy) is 4. The number of nitrogens with zero attached hydrogens (tertiary/aromatic N) is 2. The number of hydrogen-bond donors (Lipinski definition) is 2. The lowest BCUT2D eigenvalue weighted by Gasteiger charge is -2.27. The highest BCUT2D eigenvalue weighted by Crippen LogP contribution is 2.42. The summed E-state index contributed by atoms with van der Waals surface area (Å²) in [6.45, 7) is 5.48. The van der Waals surface area contributed by atoms with Gasteiger partial charge in [-0.25, -0.2) is 4.98 Å². The van der Waals surface area contributed by atoms with Crippen LogP contribution >= 0.6 is 0 Å². The molecule has 1 saturated heterocycles. The van der Waals surface area contributed by atoms with E-state index in [-0.39, 0.29) is 6.17 Å². The van der Waals surface area contributed by atoms with Gasteiger partial charge in [-0.15, -0.1) is 0 Å². The lowest BCUT2D eigenvalue weighted by molar-refractivity contribution is -0.114. The number of nitrogens with one attached hydrogen (secondary N) is 1. The van der Waals surface area contributed by atoms with E-state index in [2.05, 4.69) is 9.88 Å². The van der Waals surface area contributed by atoms with Crippen LogP contribution in [0.15, 0.2) is 35.9 Å². The zero-order valence-corrected chi connectivity index (χ0v) is 20.1. The molecule has 34 heavy (non-hydrogen) atoms. The molecule has 3 N–H and O–H groups in total. The quantitative estimate of drug-likeness (QED) is 0.515. The number of nitrogens with two attached hydrogens (primary N) is 1. The van der Waals surface area contributed by atoms with E-state index in [1.54, 1.807) is 28.3 Å². The molecule has 0 saturated carbocycles. The first-order chi connectivity index (χ1) is 16.4. The molecular formula is C25H30N4O5. The van der Waals surface area contributed by atoms with Crippen LogP contribution in [0.4, 0.5) is 0 Å². The third kappa shape index (κ3) is 4.20. The molecule has 1 unspecified atom stereocenters. The van der Waals surface area contributed by atoms with Crippen LogP contribution in [-0.2, 0) is 9.53 Å². The van der Waals surface area contributed by atoms with Gasteiger partial charge in [0.25, 0.3) is 0 Å². The molecule has 0 aliphatic carbocycles. The third-order valence-corrected chi connectivity index (χ3v) is 6.19. The number of rotatable bonds is 7. The van der Waals surface area contributed by atoms with Gasteiger partial charge in [0.2, 0.25) is 11.7 Å². The summed E-state index contributed by atoms with van der Waals surface area (Å²) in [4.78, 5) is 16.7. The van der Waals surface area contributed by atoms with Gasteiger partial charge in [0.1, 0.15) is 12.0 Å². The Hall–Kier alpha value is -3.56. The fraction of sp³-hybridized carbons (Fsp3) is 0.360. The summed E-state index contributed by atoms with van der Waals surface area (Å²) in [5, 5.41) is 3.52. The van der Waals surface area contributed by atoms with Crippen LogP contribution in [0.1, 0.15) is 25.6 Å². The number of carbonyl (C=O) groups excluding carboxylic acids is 1. The highest BCUT2D eigenvalue weighted by Gasteiger charge is 2.25. The molecule has 9 heteroatoms. The second-order valence-corrected chi connectivity index (χ2v) is 8.08. The zero-order valence-electron chi connectivity index (χ0n) is 20.1. The van der Waals surface area contributed by atoms with Gasteiger partial charge < -0.3 is 29.2 Å². The van der Waals surface area contributed by atoms with Crippen molar-refractivity contribution in [3.8, 4) is 28.6 Å². The van der Waals surface area contributed by atoms with E-state index in [0.29, 0.717) is 36.0 Å². The summed E-state index contributed by atoms with van der Waals surface area (Å²) in [5.74, 6) is 1.88. The summed E-state index contributed by atoms with van der Waals surface area (Å²) in [7, 11) is 4.75. The van der Waals surface area contributed by atoms with Crippen LogP contribution in [0.2, 0.25) is 0 Å². The van der Waals surface area contributed by atoms with Crippen molar-refractivity contribution in [1.29, 1.82) is 0 Å². The number of carbonyl (C=O) groups is 1.